The van der Waals surface area contributed by atoms with E-state index in [0.29, 0.717) is 5.82 Å². The van der Waals surface area contributed by atoms with Crippen molar-refractivity contribution < 1.29 is 8.42 Å². The highest BCUT2D eigenvalue weighted by molar-refractivity contribution is 7.89. The van der Waals surface area contributed by atoms with Gasteiger partial charge in [0.25, 0.3) is 10.0 Å². The smallest absolute Gasteiger partial charge is 0.260 e. The lowest BCUT2D eigenvalue weighted by molar-refractivity contribution is 0.574. The molecule has 0 aliphatic carbocycles. The number of nitrogens with zero attached hydrogens (tertiary/aromatic N) is 2. The number of nitrogens with one attached hydrogen (secondary N) is 2. The molecule has 1 heterocycles. The minimum Gasteiger partial charge on any atom is -0.386 e. The van der Waals surface area contributed by atoms with Gasteiger partial charge in [-0.25, -0.2) is 13.4 Å². The van der Waals surface area contributed by atoms with Crippen LogP contribution in [0.5, 0.6) is 0 Å². The highest BCUT2D eigenvalue weighted by Crippen LogP contribution is 2.07. The topological polar surface area (TPSA) is 114 Å². The largest absolute Gasteiger partial charge is 0.386 e. The Bertz CT molecular complexity index is 485. The number of sulfonamides is 1. The normalized spacial score (nSPS) is 13.7. The molecule has 8 heteroatoms. The molecule has 0 saturated carbocycles. The van der Waals surface area contributed by atoms with Crippen LogP contribution in [0.25, 0.3) is 0 Å². The van der Waals surface area contributed by atoms with Crippen molar-refractivity contribution in [2.45, 2.75) is 24.9 Å². The van der Waals surface area contributed by atoms with E-state index in [9.17, 15) is 8.42 Å². The van der Waals surface area contributed by atoms with Gasteiger partial charge in [-0.2, -0.15) is 4.72 Å². The Hall–Kier alpha value is -1.41. The van der Waals surface area contributed by atoms with Gasteiger partial charge < -0.3 is 10.3 Å². The van der Waals surface area contributed by atoms with Crippen LogP contribution in [0.4, 0.5) is 0 Å². The number of nitrogens with two attached hydrogens (primary N) is 1. The third kappa shape index (κ3) is 2.58. The number of rotatable bonds is 4. The fourth-order valence-electron chi connectivity index (χ4n) is 1.01. The summed E-state index contributed by atoms with van der Waals surface area (Å²) in [6.07, 6.45) is 1.41. The zero-order valence-electron chi connectivity index (χ0n) is 9.35. The van der Waals surface area contributed by atoms with Crippen LogP contribution in [0.1, 0.15) is 12.7 Å². The van der Waals surface area contributed by atoms with Gasteiger partial charge in [0.05, 0.1) is 6.04 Å². The predicted molar refractivity (Wildman–Crippen MR) is 59.6 cm³/mol. The van der Waals surface area contributed by atoms with Gasteiger partial charge in [-0.1, -0.05) is 0 Å². The van der Waals surface area contributed by atoms with Crippen molar-refractivity contribution in [1.82, 2.24) is 14.3 Å². The molecule has 0 spiro atoms. The van der Waals surface area contributed by atoms with E-state index < -0.39 is 16.1 Å². The maximum Gasteiger partial charge on any atom is 0.260 e. The van der Waals surface area contributed by atoms with Crippen LogP contribution in [0, 0.1) is 12.3 Å². The number of aryl methyl sites for hydroxylation is 2. The van der Waals surface area contributed by atoms with Crippen molar-refractivity contribution in [1.29, 1.82) is 5.41 Å². The SMILES string of the molecule is Cc1nc(S(=O)(=O)NC(C)C(=N)N)cn1C. The first kappa shape index (κ1) is 12.7. The molecule has 0 aliphatic rings. The molecular formula is C8H15N5O2S. The summed E-state index contributed by atoms with van der Waals surface area (Å²) in [5.74, 6) is 0.354. The maximum atomic E-state index is 11.8. The van der Waals surface area contributed by atoms with Crippen LogP contribution in [0.2, 0.25) is 0 Å². The van der Waals surface area contributed by atoms with Crippen molar-refractivity contribution >= 4 is 15.9 Å². The van der Waals surface area contributed by atoms with Gasteiger partial charge in [0.15, 0.2) is 5.03 Å². The average Bonchev–Trinajstić information content (AvgIpc) is 2.47. The fourth-order valence-corrected chi connectivity index (χ4v) is 2.27. The van der Waals surface area contributed by atoms with Gasteiger partial charge in [0.2, 0.25) is 0 Å². The Morgan fingerprint density at radius 3 is 2.62 bits per heavy atom. The second-order valence-electron chi connectivity index (χ2n) is 3.54. The lowest BCUT2D eigenvalue weighted by Gasteiger charge is -2.10. The van der Waals surface area contributed by atoms with Crippen LogP contribution in [-0.4, -0.2) is 29.8 Å². The van der Waals surface area contributed by atoms with Crippen molar-refractivity contribution in [2.24, 2.45) is 12.8 Å². The molecule has 1 unspecified atom stereocenters. The molecule has 1 aromatic heterocycles. The van der Waals surface area contributed by atoms with E-state index in [1.54, 1.807) is 18.5 Å². The Morgan fingerprint density at radius 2 is 2.25 bits per heavy atom. The molecule has 0 aliphatic heterocycles. The minimum absolute atomic E-state index is 0.0689. The van der Waals surface area contributed by atoms with Gasteiger partial charge in [-0.05, 0) is 13.8 Å². The average molecular weight is 245 g/mol. The summed E-state index contributed by atoms with van der Waals surface area (Å²) in [5, 5.41) is 7.05. The van der Waals surface area contributed by atoms with Gasteiger partial charge in [-0.15, -0.1) is 0 Å². The molecule has 1 atom stereocenters. The quantitative estimate of drug-likeness (QED) is 0.482. The molecule has 0 amide bonds. The molecule has 0 radical (unpaired) electrons. The lowest BCUT2D eigenvalue weighted by Crippen LogP contribution is -2.41. The van der Waals surface area contributed by atoms with Crippen molar-refractivity contribution in [3.8, 4) is 0 Å². The summed E-state index contributed by atoms with van der Waals surface area (Å²) >= 11 is 0. The maximum absolute atomic E-state index is 11.8. The molecule has 0 saturated heterocycles. The van der Waals surface area contributed by atoms with Crippen molar-refractivity contribution in [3.05, 3.63) is 12.0 Å². The highest BCUT2D eigenvalue weighted by atomic mass is 32.2. The monoisotopic (exact) mass is 245 g/mol. The van der Waals surface area contributed by atoms with Crippen LogP contribution in [0.3, 0.4) is 0 Å². The Morgan fingerprint density at radius 1 is 1.69 bits per heavy atom. The van der Waals surface area contributed by atoms with Gasteiger partial charge in [0, 0.05) is 13.2 Å². The summed E-state index contributed by atoms with van der Waals surface area (Å²) in [6.45, 7) is 3.20. The second kappa shape index (κ2) is 4.22. The standard InChI is InChI=1S/C8H15N5O2S/c1-5(8(9)10)12-16(14,15)7-4-13(3)6(2)11-7/h4-5,12H,1-3H3,(H3,9,10). The minimum atomic E-state index is -3.71. The lowest BCUT2D eigenvalue weighted by atomic mass is 10.3. The molecule has 90 valence electrons. The Balaban J connectivity index is 2.99. The summed E-state index contributed by atoms with van der Waals surface area (Å²) in [7, 11) is -2.00. The van der Waals surface area contributed by atoms with E-state index in [0.717, 1.165) is 0 Å². The predicted octanol–water partition coefficient (Wildman–Crippen LogP) is -0.669. The zero-order chi connectivity index (χ0) is 12.5. The molecule has 0 fully saturated rings. The number of amidine groups is 1. The van der Waals surface area contributed by atoms with Crippen molar-refractivity contribution in [2.75, 3.05) is 0 Å². The second-order valence-corrected chi connectivity index (χ2v) is 5.20. The van der Waals surface area contributed by atoms with E-state index in [1.165, 1.54) is 13.1 Å². The van der Waals surface area contributed by atoms with E-state index >= 15 is 0 Å². The van der Waals surface area contributed by atoms with E-state index in [4.69, 9.17) is 11.1 Å². The highest BCUT2D eigenvalue weighted by Gasteiger charge is 2.21. The van der Waals surface area contributed by atoms with Crippen LogP contribution >= 0.6 is 0 Å². The summed E-state index contributed by atoms with van der Waals surface area (Å²) in [6, 6.07) is -0.743. The molecule has 4 N–H and O–H groups in total. The van der Waals surface area contributed by atoms with E-state index in [-0.39, 0.29) is 10.9 Å². The summed E-state index contributed by atoms with van der Waals surface area (Å²) in [4.78, 5) is 3.90. The summed E-state index contributed by atoms with van der Waals surface area (Å²) < 4.78 is 27.4. The first-order valence-electron chi connectivity index (χ1n) is 4.60. The van der Waals surface area contributed by atoms with Crippen molar-refractivity contribution in [3.63, 3.8) is 0 Å². The van der Waals surface area contributed by atoms with E-state index in [1.807, 2.05) is 0 Å². The molecule has 1 aromatic rings. The van der Waals surface area contributed by atoms with Crippen LogP contribution in [0.15, 0.2) is 11.2 Å². The molecule has 16 heavy (non-hydrogen) atoms. The summed E-state index contributed by atoms with van der Waals surface area (Å²) in [5.41, 5.74) is 5.19. The zero-order valence-corrected chi connectivity index (χ0v) is 10.2. The number of imidazole rings is 1. The Labute approximate surface area is 94.2 Å². The number of hydrogen-bond donors (Lipinski definition) is 3. The van der Waals surface area contributed by atoms with Gasteiger partial charge >= 0.3 is 0 Å². The number of aromatic nitrogens is 2. The molecule has 0 aromatic carbocycles. The van der Waals surface area contributed by atoms with Crippen LogP contribution in [-0.2, 0) is 17.1 Å². The first-order chi connectivity index (χ1) is 7.24. The fraction of sp³-hybridized carbons (Fsp3) is 0.500. The molecule has 0 bridgehead atoms. The number of hydrogen-bond acceptors (Lipinski definition) is 4. The third-order valence-electron chi connectivity index (χ3n) is 2.16. The van der Waals surface area contributed by atoms with E-state index in [2.05, 4.69) is 9.71 Å². The van der Waals surface area contributed by atoms with Gasteiger partial charge in [-0.3, -0.25) is 5.41 Å². The molecular weight excluding hydrogens is 230 g/mol. The Kier molecular flexibility index (Phi) is 3.34. The molecule has 1 rings (SSSR count). The third-order valence-corrected chi connectivity index (χ3v) is 3.57. The first-order valence-corrected chi connectivity index (χ1v) is 6.08. The van der Waals surface area contributed by atoms with Gasteiger partial charge in [0.1, 0.15) is 11.7 Å². The van der Waals surface area contributed by atoms with Crippen LogP contribution < -0.4 is 10.5 Å². The molecule has 7 nitrogen and oxygen atoms in total.